The molecule has 0 aliphatic rings. The van der Waals surface area contributed by atoms with Gasteiger partial charge in [0.15, 0.2) is 0 Å². The molecular formula is C15H24N2O3. The number of hydrogen-bond donors (Lipinski definition) is 2. The van der Waals surface area contributed by atoms with E-state index in [-0.39, 0.29) is 11.9 Å². The SMILES string of the molecule is COCCOCCNC(C)C(=O)Nc1ccc(C)cc1. The third-order valence-electron chi connectivity index (χ3n) is 2.84. The molecule has 0 spiro atoms. The van der Waals surface area contributed by atoms with Crippen molar-refractivity contribution in [3.05, 3.63) is 29.8 Å². The molecular weight excluding hydrogens is 256 g/mol. The molecule has 0 saturated carbocycles. The Bertz CT molecular complexity index is 393. The topological polar surface area (TPSA) is 59.6 Å². The molecule has 0 aliphatic heterocycles. The molecule has 1 rings (SSSR count). The second-order valence-electron chi connectivity index (χ2n) is 4.64. The third kappa shape index (κ3) is 6.65. The zero-order chi connectivity index (χ0) is 14.8. The molecule has 5 nitrogen and oxygen atoms in total. The maximum atomic E-state index is 11.9. The quantitative estimate of drug-likeness (QED) is 0.674. The van der Waals surface area contributed by atoms with Crippen LogP contribution < -0.4 is 10.6 Å². The maximum absolute atomic E-state index is 11.9. The Morgan fingerprint density at radius 2 is 1.90 bits per heavy atom. The standard InChI is InChI=1S/C15H24N2O3/c1-12-4-6-14(7-5-12)17-15(18)13(2)16-8-9-20-11-10-19-3/h4-7,13,16H,8-11H2,1-3H3,(H,17,18). The number of nitrogens with one attached hydrogen (secondary N) is 2. The number of rotatable bonds is 9. The van der Waals surface area contributed by atoms with Gasteiger partial charge in [-0.15, -0.1) is 0 Å². The van der Waals surface area contributed by atoms with Crippen LogP contribution >= 0.6 is 0 Å². The average molecular weight is 280 g/mol. The van der Waals surface area contributed by atoms with E-state index in [2.05, 4.69) is 10.6 Å². The van der Waals surface area contributed by atoms with E-state index in [9.17, 15) is 4.79 Å². The van der Waals surface area contributed by atoms with Gasteiger partial charge in [-0.2, -0.15) is 0 Å². The van der Waals surface area contributed by atoms with Gasteiger partial charge >= 0.3 is 0 Å². The highest BCUT2D eigenvalue weighted by molar-refractivity contribution is 5.94. The molecule has 2 N–H and O–H groups in total. The second kappa shape index (κ2) is 9.47. The molecule has 0 fully saturated rings. The Morgan fingerprint density at radius 3 is 2.55 bits per heavy atom. The fourth-order valence-corrected chi connectivity index (χ4v) is 1.57. The first-order valence-electron chi connectivity index (χ1n) is 6.81. The highest BCUT2D eigenvalue weighted by atomic mass is 16.5. The number of amides is 1. The normalized spacial score (nSPS) is 12.2. The number of ether oxygens (including phenoxy) is 2. The third-order valence-corrected chi connectivity index (χ3v) is 2.84. The lowest BCUT2D eigenvalue weighted by Gasteiger charge is -2.14. The summed E-state index contributed by atoms with van der Waals surface area (Å²) in [4.78, 5) is 11.9. The van der Waals surface area contributed by atoms with Crippen LogP contribution in [0, 0.1) is 6.92 Å². The molecule has 1 amide bonds. The summed E-state index contributed by atoms with van der Waals surface area (Å²) in [6.45, 7) is 6.20. The summed E-state index contributed by atoms with van der Waals surface area (Å²) in [5, 5.41) is 5.98. The Hall–Kier alpha value is -1.43. The number of aryl methyl sites for hydroxylation is 1. The first-order valence-corrected chi connectivity index (χ1v) is 6.81. The van der Waals surface area contributed by atoms with Crippen molar-refractivity contribution in [2.24, 2.45) is 0 Å². The first kappa shape index (κ1) is 16.6. The molecule has 20 heavy (non-hydrogen) atoms. The smallest absolute Gasteiger partial charge is 0.241 e. The van der Waals surface area contributed by atoms with Crippen LogP contribution in [0.4, 0.5) is 5.69 Å². The van der Waals surface area contributed by atoms with Crippen LogP contribution in [0.1, 0.15) is 12.5 Å². The van der Waals surface area contributed by atoms with Gasteiger partial charge in [0, 0.05) is 19.3 Å². The van der Waals surface area contributed by atoms with E-state index < -0.39 is 0 Å². The highest BCUT2D eigenvalue weighted by Crippen LogP contribution is 2.08. The molecule has 0 radical (unpaired) electrons. The predicted octanol–water partition coefficient (Wildman–Crippen LogP) is 1.57. The first-order chi connectivity index (χ1) is 9.63. The van der Waals surface area contributed by atoms with E-state index in [0.717, 1.165) is 5.69 Å². The van der Waals surface area contributed by atoms with Crippen LogP contribution in [0.3, 0.4) is 0 Å². The van der Waals surface area contributed by atoms with E-state index in [1.54, 1.807) is 7.11 Å². The Morgan fingerprint density at radius 1 is 1.20 bits per heavy atom. The summed E-state index contributed by atoms with van der Waals surface area (Å²) >= 11 is 0. The summed E-state index contributed by atoms with van der Waals surface area (Å²) in [5.41, 5.74) is 1.98. The van der Waals surface area contributed by atoms with Gasteiger partial charge < -0.3 is 20.1 Å². The highest BCUT2D eigenvalue weighted by Gasteiger charge is 2.11. The van der Waals surface area contributed by atoms with Crippen molar-refractivity contribution in [3.8, 4) is 0 Å². The summed E-state index contributed by atoms with van der Waals surface area (Å²) < 4.78 is 10.2. The van der Waals surface area contributed by atoms with Crippen molar-refractivity contribution in [1.82, 2.24) is 5.32 Å². The van der Waals surface area contributed by atoms with E-state index >= 15 is 0 Å². The van der Waals surface area contributed by atoms with Crippen LogP contribution in [0.25, 0.3) is 0 Å². The number of carbonyl (C=O) groups excluding carboxylic acids is 1. The summed E-state index contributed by atoms with van der Waals surface area (Å²) in [6.07, 6.45) is 0. The molecule has 0 aliphatic carbocycles. The Kier molecular flexibility index (Phi) is 7.87. The van der Waals surface area contributed by atoms with Crippen LogP contribution in [0.2, 0.25) is 0 Å². The van der Waals surface area contributed by atoms with Crippen LogP contribution in [-0.4, -0.2) is 45.4 Å². The largest absolute Gasteiger partial charge is 0.382 e. The zero-order valence-corrected chi connectivity index (χ0v) is 12.4. The van der Waals surface area contributed by atoms with E-state index in [1.807, 2.05) is 38.1 Å². The van der Waals surface area contributed by atoms with Gasteiger partial charge in [0.25, 0.3) is 0 Å². The van der Waals surface area contributed by atoms with Crippen molar-refractivity contribution >= 4 is 11.6 Å². The molecule has 1 aromatic carbocycles. The summed E-state index contributed by atoms with van der Waals surface area (Å²) in [5.74, 6) is -0.0502. The van der Waals surface area contributed by atoms with Crippen LogP contribution in [0.5, 0.6) is 0 Å². The predicted molar refractivity (Wildman–Crippen MR) is 80.0 cm³/mol. The van der Waals surface area contributed by atoms with Gasteiger partial charge in [0.1, 0.15) is 0 Å². The Balaban J connectivity index is 2.20. The fraction of sp³-hybridized carbons (Fsp3) is 0.533. The van der Waals surface area contributed by atoms with Crippen molar-refractivity contribution in [3.63, 3.8) is 0 Å². The van der Waals surface area contributed by atoms with Gasteiger partial charge in [-0.25, -0.2) is 0 Å². The van der Waals surface area contributed by atoms with Crippen LogP contribution in [0.15, 0.2) is 24.3 Å². The molecule has 1 atom stereocenters. The van der Waals surface area contributed by atoms with Gasteiger partial charge in [-0.1, -0.05) is 17.7 Å². The monoisotopic (exact) mass is 280 g/mol. The minimum atomic E-state index is -0.262. The number of benzene rings is 1. The summed E-state index contributed by atoms with van der Waals surface area (Å²) in [7, 11) is 1.64. The van der Waals surface area contributed by atoms with Crippen LogP contribution in [-0.2, 0) is 14.3 Å². The van der Waals surface area contributed by atoms with Crippen molar-refractivity contribution in [2.45, 2.75) is 19.9 Å². The molecule has 0 bridgehead atoms. The summed E-state index contributed by atoms with van der Waals surface area (Å²) in [6, 6.07) is 7.47. The molecule has 0 heterocycles. The zero-order valence-electron chi connectivity index (χ0n) is 12.4. The van der Waals surface area contributed by atoms with Crippen molar-refractivity contribution < 1.29 is 14.3 Å². The van der Waals surface area contributed by atoms with Crippen molar-refractivity contribution in [1.29, 1.82) is 0 Å². The minimum Gasteiger partial charge on any atom is -0.382 e. The van der Waals surface area contributed by atoms with E-state index in [1.165, 1.54) is 5.56 Å². The number of methoxy groups -OCH3 is 1. The molecule has 1 aromatic rings. The number of anilines is 1. The van der Waals surface area contributed by atoms with Gasteiger partial charge in [0.05, 0.1) is 25.9 Å². The molecule has 5 heteroatoms. The number of hydrogen-bond acceptors (Lipinski definition) is 4. The van der Waals surface area contributed by atoms with Gasteiger partial charge in [0.2, 0.25) is 5.91 Å². The number of carbonyl (C=O) groups is 1. The lowest BCUT2D eigenvalue weighted by molar-refractivity contribution is -0.117. The van der Waals surface area contributed by atoms with Gasteiger partial charge in [-0.05, 0) is 26.0 Å². The molecule has 0 saturated heterocycles. The fourth-order valence-electron chi connectivity index (χ4n) is 1.57. The molecule has 0 aromatic heterocycles. The Labute approximate surface area is 120 Å². The minimum absolute atomic E-state index is 0.0502. The average Bonchev–Trinajstić information content (AvgIpc) is 2.45. The van der Waals surface area contributed by atoms with E-state index in [4.69, 9.17) is 9.47 Å². The van der Waals surface area contributed by atoms with Crippen molar-refractivity contribution in [2.75, 3.05) is 38.8 Å². The van der Waals surface area contributed by atoms with Gasteiger partial charge in [-0.3, -0.25) is 4.79 Å². The lowest BCUT2D eigenvalue weighted by atomic mass is 10.2. The molecule has 1 unspecified atom stereocenters. The molecule has 112 valence electrons. The maximum Gasteiger partial charge on any atom is 0.241 e. The van der Waals surface area contributed by atoms with E-state index in [0.29, 0.717) is 26.4 Å². The second-order valence-corrected chi connectivity index (χ2v) is 4.64. The lowest BCUT2D eigenvalue weighted by Crippen LogP contribution is -2.39.